The smallest absolute Gasteiger partial charge is 0.457 e. The lowest BCUT2D eigenvalue weighted by Crippen LogP contribution is -2.28. The van der Waals surface area contributed by atoms with Gasteiger partial charge in [0.15, 0.2) is 0 Å². The zero-order valence-corrected chi connectivity index (χ0v) is 28.8. The summed E-state index contributed by atoms with van der Waals surface area (Å²) in [6.45, 7) is 4.66. The first-order valence-electron chi connectivity index (χ1n) is 17.1. The second kappa shape index (κ2) is 32.8. The number of esters is 1. The number of rotatable bonds is 32. The molecule has 0 spiro atoms. The van der Waals surface area contributed by atoms with Crippen molar-refractivity contribution in [2.24, 2.45) is 5.73 Å². The normalized spacial score (nSPS) is 14.4. The monoisotopic (exact) mass is 641 g/mol. The van der Waals surface area contributed by atoms with Crippen molar-refractivity contribution in [2.45, 2.75) is 136 Å². The molecule has 0 amide bonds. The van der Waals surface area contributed by atoms with Crippen molar-refractivity contribution in [3.05, 3.63) is 48.6 Å². The lowest BCUT2D eigenvalue weighted by atomic mass is 10.1. The highest BCUT2D eigenvalue weighted by Crippen LogP contribution is 2.43. The molecule has 44 heavy (non-hydrogen) atoms. The summed E-state index contributed by atoms with van der Waals surface area (Å²) in [7, 11) is -4.26. The molecule has 9 heteroatoms. The molecule has 0 aliphatic rings. The molecule has 8 nitrogen and oxygen atoms in total. The van der Waals surface area contributed by atoms with Crippen LogP contribution in [0.15, 0.2) is 48.6 Å². The van der Waals surface area contributed by atoms with Gasteiger partial charge < -0.3 is 20.1 Å². The molecule has 2 atom stereocenters. The van der Waals surface area contributed by atoms with Crippen LogP contribution in [0, 0.1) is 0 Å². The van der Waals surface area contributed by atoms with E-state index in [1.165, 1.54) is 32.1 Å². The first-order valence-corrected chi connectivity index (χ1v) is 18.6. The summed E-state index contributed by atoms with van der Waals surface area (Å²) in [6.07, 6.45) is 35.9. The SMILES string of the molecule is CC/C=C\C/C=C\C/C=C\C/C=C\CCCCCCCCCOCC(COP(=O)(O)OCCN)OC(=O)CCCCCCC. The van der Waals surface area contributed by atoms with Gasteiger partial charge in [-0.3, -0.25) is 13.8 Å². The molecule has 0 aliphatic heterocycles. The highest BCUT2D eigenvalue weighted by molar-refractivity contribution is 7.47. The Morgan fingerprint density at radius 1 is 0.705 bits per heavy atom. The Hall–Kier alpha value is -1.54. The molecule has 256 valence electrons. The maximum absolute atomic E-state index is 12.3. The molecule has 0 saturated carbocycles. The summed E-state index contributed by atoms with van der Waals surface area (Å²) in [5.41, 5.74) is 5.32. The predicted molar refractivity (Wildman–Crippen MR) is 182 cm³/mol. The Morgan fingerprint density at radius 3 is 1.91 bits per heavy atom. The molecule has 0 heterocycles. The van der Waals surface area contributed by atoms with Crippen LogP contribution in [0.4, 0.5) is 0 Å². The lowest BCUT2D eigenvalue weighted by molar-refractivity contribution is -0.154. The van der Waals surface area contributed by atoms with E-state index in [4.69, 9.17) is 24.3 Å². The van der Waals surface area contributed by atoms with Gasteiger partial charge in [-0.05, 0) is 51.4 Å². The van der Waals surface area contributed by atoms with Crippen LogP contribution in [0.5, 0.6) is 0 Å². The van der Waals surface area contributed by atoms with Crippen LogP contribution in [0.1, 0.15) is 129 Å². The lowest BCUT2D eigenvalue weighted by Gasteiger charge is -2.20. The molecule has 0 aliphatic carbocycles. The van der Waals surface area contributed by atoms with Crippen molar-refractivity contribution in [1.82, 2.24) is 0 Å². The van der Waals surface area contributed by atoms with Crippen LogP contribution in [0.25, 0.3) is 0 Å². The van der Waals surface area contributed by atoms with Gasteiger partial charge in [0.1, 0.15) is 6.10 Å². The summed E-state index contributed by atoms with van der Waals surface area (Å²) in [5.74, 6) is -0.351. The van der Waals surface area contributed by atoms with E-state index in [9.17, 15) is 14.3 Å². The average molecular weight is 642 g/mol. The zero-order chi connectivity index (χ0) is 32.4. The number of phosphoric ester groups is 1. The maximum atomic E-state index is 12.3. The Kier molecular flexibility index (Phi) is 31.7. The molecule has 0 aromatic rings. The largest absolute Gasteiger partial charge is 0.472 e. The topological polar surface area (TPSA) is 117 Å². The van der Waals surface area contributed by atoms with Gasteiger partial charge >= 0.3 is 13.8 Å². The number of hydrogen-bond donors (Lipinski definition) is 2. The van der Waals surface area contributed by atoms with Gasteiger partial charge in [0, 0.05) is 19.6 Å². The fourth-order valence-electron chi connectivity index (χ4n) is 4.28. The van der Waals surface area contributed by atoms with Crippen LogP contribution < -0.4 is 5.73 Å². The van der Waals surface area contributed by atoms with Gasteiger partial charge in [-0.1, -0.05) is 120 Å². The van der Waals surface area contributed by atoms with Crippen molar-refractivity contribution in [3.63, 3.8) is 0 Å². The van der Waals surface area contributed by atoms with Gasteiger partial charge in [0.2, 0.25) is 0 Å². The van der Waals surface area contributed by atoms with Crippen LogP contribution in [-0.2, 0) is 27.9 Å². The van der Waals surface area contributed by atoms with E-state index < -0.39 is 13.9 Å². The van der Waals surface area contributed by atoms with Crippen LogP contribution in [0.2, 0.25) is 0 Å². The molecule has 3 N–H and O–H groups in total. The molecular weight excluding hydrogens is 577 g/mol. The second-order valence-corrected chi connectivity index (χ2v) is 12.5. The third kappa shape index (κ3) is 31.9. The quantitative estimate of drug-likeness (QED) is 0.0323. The Labute approximate surface area is 269 Å². The van der Waals surface area contributed by atoms with Crippen molar-refractivity contribution in [2.75, 3.05) is 33.0 Å². The number of phosphoric acid groups is 1. The third-order valence-corrected chi connectivity index (χ3v) is 7.74. The molecule has 0 bridgehead atoms. The molecule has 0 aromatic carbocycles. The summed E-state index contributed by atoms with van der Waals surface area (Å²) < 4.78 is 33.0. The zero-order valence-electron chi connectivity index (χ0n) is 27.9. The first-order chi connectivity index (χ1) is 21.4. The summed E-state index contributed by atoms with van der Waals surface area (Å²) >= 11 is 0. The Balaban J connectivity index is 3.97. The Morgan fingerprint density at radius 2 is 1.27 bits per heavy atom. The first kappa shape index (κ1) is 42.5. The molecule has 0 rings (SSSR count). The number of allylic oxidation sites excluding steroid dienone is 8. The summed E-state index contributed by atoms with van der Waals surface area (Å²) in [6, 6.07) is 0. The van der Waals surface area contributed by atoms with Crippen molar-refractivity contribution < 1.29 is 32.8 Å². The minimum Gasteiger partial charge on any atom is -0.457 e. The molecule has 0 saturated heterocycles. The molecule has 2 unspecified atom stereocenters. The standard InChI is InChI=1S/C35H64NO7P/c1-3-5-7-9-10-11-12-13-14-15-16-17-18-19-20-21-22-23-25-27-30-40-32-34(33-42-44(38,39)41-31-29-36)43-35(37)28-26-24-8-6-4-2/h5,7,10-11,13-14,16-17,34H,3-4,6,8-9,12,15,18-33,36H2,1-2H3,(H,38,39)/b7-5-,11-10-,14-13-,17-16-. The van der Waals surface area contributed by atoms with Crippen molar-refractivity contribution in [1.29, 1.82) is 0 Å². The van der Waals surface area contributed by atoms with Crippen molar-refractivity contribution in [3.8, 4) is 0 Å². The summed E-state index contributed by atoms with van der Waals surface area (Å²) in [4.78, 5) is 22.1. The van der Waals surface area contributed by atoms with E-state index in [-0.39, 0.29) is 32.3 Å². The van der Waals surface area contributed by atoms with E-state index >= 15 is 0 Å². The van der Waals surface area contributed by atoms with E-state index in [0.29, 0.717) is 13.0 Å². The van der Waals surface area contributed by atoms with Crippen LogP contribution in [0.3, 0.4) is 0 Å². The van der Waals surface area contributed by atoms with Crippen LogP contribution >= 0.6 is 7.82 Å². The van der Waals surface area contributed by atoms with Gasteiger partial charge in [0.25, 0.3) is 0 Å². The van der Waals surface area contributed by atoms with Gasteiger partial charge in [-0.25, -0.2) is 4.57 Å². The fraction of sp³-hybridized carbons (Fsp3) is 0.743. The minimum absolute atomic E-state index is 0.0967. The van der Waals surface area contributed by atoms with E-state index in [0.717, 1.165) is 77.0 Å². The third-order valence-electron chi connectivity index (χ3n) is 6.76. The number of ether oxygens (including phenoxy) is 2. The van der Waals surface area contributed by atoms with E-state index in [1.54, 1.807) is 0 Å². The molecule has 0 radical (unpaired) electrons. The number of carbonyl (C=O) groups excluding carboxylic acids is 1. The number of nitrogens with two attached hydrogens (primary N) is 1. The van der Waals surface area contributed by atoms with Gasteiger partial charge in [0.05, 0.1) is 19.8 Å². The predicted octanol–water partition coefficient (Wildman–Crippen LogP) is 9.29. The van der Waals surface area contributed by atoms with Gasteiger partial charge in [-0.15, -0.1) is 0 Å². The van der Waals surface area contributed by atoms with E-state index in [2.05, 4.69) is 62.5 Å². The number of hydrogen-bond acceptors (Lipinski definition) is 7. The average Bonchev–Trinajstić information content (AvgIpc) is 3.01. The molecule has 0 aromatic heterocycles. The molecule has 0 fully saturated rings. The van der Waals surface area contributed by atoms with Gasteiger partial charge in [-0.2, -0.15) is 0 Å². The highest BCUT2D eigenvalue weighted by Gasteiger charge is 2.25. The molecular formula is C35H64NO7P. The number of unbranched alkanes of at least 4 members (excludes halogenated alkanes) is 11. The Bertz CT molecular complexity index is 813. The maximum Gasteiger partial charge on any atom is 0.472 e. The fourth-order valence-corrected chi connectivity index (χ4v) is 5.04. The summed E-state index contributed by atoms with van der Waals surface area (Å²) in [5, 5.41) is 0. The second-order valence-electron chi connectivity index (χ2n) is 11.0. The highest BCUT2D eigenvalue weighted by atomic mass is 31.2. The minimum atomic E-state index is -4.26. The van der Waals surface area contributed by atoms with Crippen molar-refractivity contribution >= 4 is 13.8 Å². The van der Waals surface area contributed by atoms with E-state index in [1.807, 2.05) is 0 Å². The van der Waals surface area contributed by atoms with Crippen LogP contribution in [-0.4, -0.2) is 49.9 Å². The number of carbonyl (C=O) groups is 1.